The number of rotatable bonds is 6. The van der Waals surface area contributed by atoms with Crippen molar-refractivity contribution in [2.45, 2.75) is 62.9 Å². The number of nitrogens with one attached hydrogen (secondary N) is 2. The number of carboxylic acid groups (broad SMARTS) is 1. The van der Waals surface area contributed by atoms with E-state index in [9.17, 15) is 14.4 Å². The maximum atomic E-state index is 12.9. The number of fused-ring (bicyclic) bond motifs is 3. The molecule has 0 spiro atoms. The fraction of sp³-hybridized carbons (Fsp3) is 0.464. The second kappa shape index (κ2) is 10.1. The second-order valence-corrected chi connectivity index (χ2v) is 10.0. The van der Waals surface area contributed by atoms with Gasteiger partial charge in [0.05, 0.1) is 11.8 Å². The zero-order chi connectivity index (χ0) is 24.4. The van der Waals surface area contributed by atoms with Crippen LogP contribution < -0.4 is 10.6 Å². The number of aliphatic carboxylic acids is 1. The molecule has 7 nitrogen and oxygen atoms in total. The zero-order valence-corrected chi connectivity index (χ0v) is 19.7. The molecule has 0 aromatic heterocycles. The summed E-state index contributed by atoms with van der Waals surface area (Å²) in [4.78, 5) is 36.8. The molecule has 0 radical (unpaired) electrons. The van der Waals surface area contributed by atoms with E-state index < -0.39 is 12.1 Å². The summed E-state index contributed by atoms with van der Waals surface area (Å²) in [6.45, 7) is 0.246. The van der Waals surface area contributed by atoms with Gasteiger partial charge in [0.1, 0.15) is 6.61 Å². The lowest BCUT2D eigenvalue weighted by Crippen LogP contribution is -2.47. The van der Waals surface area contributed by atoms with Gasteiger partial charge in [-0.1, -0.05) is 55.0 Å². The van der Waals surface area contributed by atoms with Gasteiger partial charge < -0.3 is 20.5 Å². The number of ether oxygens (including phenoxy) is 1. The topological polar surface area (TPSA) is 105 Å². The smallest absolute Gasteiger partial charge is 0.407 e. The highest BCUT2D eigenvalue weighted by molar-refractivity contribution is 5.81. The van der Waals surface area contributed by atoms with Crippen molar-refractivity contribution in [3.8, 4) is 11.1 Å². The first-order chi connectivity index (χ1) is 17.0. The van der Waals surface area contributed by atoms with Crippen molar-refractivity contribution >= 4 is 18.0 Å². The van der Waals surface area contributed by atoms with Crippen LogP contribution in [0.3, 0.4) is 0 Å². The Hall–Kier alpha value is -3.35. The lowest BCUT2D eigenvalue weighted by molar-refractivity contribution is -0.142. The molecule has 7 heteroatoms. The van der Waals surface area contributed by atoms with Gasteiger partial charge in [-0.15, -0.1) is 0 Å². The van der Waals surface area contributed by atoms with Crippen molar-refractivity contribution in [2.24, 2.45) is 11.8 Å². The molecule has 2 atom stereocenters. The summed E-state index contributed by atoms with van der Waals surface area (Å²) in [6.07, 6.45) is 4.40. The van der Waals surface area contributed by atoms with E-state index in [0.29, 0.717) is 25.7 Å². The van der Waals surface area contributed by atoms with E-state index in [4.69, 9.17) is 9.84 Å². The number of benzene rings is 2. The summed E-state index contributed by atoms with van der Waals surface area (Å²) in [5, 5.41) is 15.2. The molecule has 3 aliphatic carbocycles. The highest BCUT2D eigenvalue weighted by Gasteiger charge is 2.36. The number of alkyl carbamates (subject to hydrolysis) is 1. The van der Waals surface area contributed by atoms with Gasteiger partial charge in [-0.05, 0) is 60.8 Å². The van der Waals surface area contributed by atoms with Crippen molar-refractivity contribution in [1.82, 2.24) is 10.6 Å². The molecular weight excluding hydrogens is 444 g/mol. The lowest BCUT2D eigenvalue weighted by atomic mass is 9.86. The summed E-state index contributed by atoms with van der Waals surface area (Å²) in [5.74, 6) is -1.40. The fourth-order valence-electron chi connectivity index (χ4n) is 6.03. The quantitative estimate of drug-likeness (QED) is 0.571. The van der Waals surface area contributed by atoms with Crippen LogP contribution in [0.15, 0.2) is 48.5 Å². The van der Waals surface area contributed by atoms with E-state index in [0.717, 1.165) is 30.4 Å². The van der Waals surface area contributed by atoms with Crippen LogP contribution in [0.25, 0.3) is 11.1 Å². The third-order valence-electron chi connectivity index (χ3n) is 7.92. The van der Waals surface area contributed by atoms with E-state index in [-0.39, 0.29) is 42.4 Å². The van der Waals surface area contributed by atoms with E-state index in [1.807, 2.05) is 24.3 Å². The minimum atomic E-state index is -0.752. The van der Waals surface area contributed by atoms with Gasteiger partial charge >= 0.3 is 12.1 Å². The first-order valence-corrected chi connectivity index (χ1v) is 12.7. The van der Waals surface area contributed by atoms with Crippen LogP contribution in [0.2, 0.25) is 0 Å². The van der Waals surface area contributed by atoms with Gasteiger partial charge in [0, 0.05) is 18.0 Å². The second-order valence-electron chi connectivity index (χ2n) is 10.0. The molecule has 184 valence electrons. The minimum absolute atomic E-state index is 0.00301. The monoisotopic (exact) mass is 476 g/mol. The third-order valence-corrected chi connectivity index (χ3v) is 7.92. The molecule has 2 amide bonds. The lowest BCUT2D eigenvalue weighted by Gasteiger charge is -2.29. The first kappa shape index (κ1) is 23.4. The van der Waals surface area contributed by atoms with Crippen molar-refractivity contribution in [3.63, 3.8) is 0 Å². The molecule has 2 fully saturated rings. The normalized spacial score (nSPS) is 25.4. The number of carbonyl (C=O) groups is 3. The van der Waals surface area contributed by atoms with Gasteiger partial charge in [-0.2, -0.15) is 0 Å². The molecular formula is C28H32N2O5. The summed E-state index contributed by atoms with van der Waals surface area (Å²) in [6, 6.07) is 16.2. The van der Waals surface area contributed by atoms with Crippen LogP contribution in [0, 0.1) is 11.8 Å². The standard InChI is InChI=1S/C28H32N2O5/c31-26(29-18-14-12-17(13-15-18)27(32)33)23-10-5-11-25(23)30-28(34)35-16-24-21-8-3-1-6-19(21)20-7-2-4-9-22(20)24/h1-4,6-9,17-18,23-25H,5,10-16H2,(H,29,31)(H,30,34)(H,32,33). The molecule has 5 rings (SSSR count). The molecule has 0 bridgehead atoms. The molecule has 2 aromatic rings. The Morgan fingerprint density at radius 3 is 2.09 bits per heavy atom. The maximum Gasteiger partial charge on any atom is 0.407 e. The van der Waals surface area contributed by atoms with Crippen LogP contribution >= 0.6 is 0 Å². The number of carbonyl (C=O) groups excluding carboxylic acids is 2. The zero-order valence-electron chi connectivity index (χ0n) is 19.7. The molecule has 2 unspecified atom stereocenters. The maximum absolute atomic E-state index is 12.9. The van der Waals surface area contributed by atoms with Gasteiger partial charge in [-0.3, -0.25) is 9.59 Å². The molecule has 0 saturated heterocycles. The Bertz CT molecular complexity index is 1060. The molecule has 3 N–H and O–H groups in total. The molecule has 3 aliphatic rings. The predicted octanol–water partition coefficient (Wildman–Crippen LogP) is 4.45. The molecule has 2 saturated carbocycles. The third kappa shape index (κ3) is 4.90. The molecule has 2 aromatic carbocycles. The summed E-state index contributed by atoms with van der Waals surface area (Å²) in [5.41, 5.74) is 4.69. The number of hydrogen-bond donors (Lipinski definition) is 3. The largest absolute Gasteiger partial charge is 0.481 e. The Balaban J connectivity index is 1.15. The first-order valence-electron chi connectivity index (χ1n) is 12.7. The van der Waals surface area contributed by atoms with Gasteiger partial charge in [0.2, 0.25) is 5.91 Å². The number of amides is 2. The van der Waals surface area contributed by atoms with Crippen molar-refractivity contribution in [1.29, 1.82) is 0 Å². The predicted molar refractivity (Wildman–Crippen MR) is 131 cm³/mol. The van der Waals surface area contributed by atoms with E-state index in [1.54, 1.807) is 0 Å². The minimum Gasteiger partial charge on any atom is -0.481 e. The van der Waals surface area contributed by atoms with Crippen LogP contribution in [0.1, 0.15) is 62.0 Å². The van der Waals surface area contributed by atoms with Crippen LogP contribution in [0.5, 0.6) is 0 Å². The van der Waals surface area contributed by atoms with Crippen molar-refractivity contribution in [2.75, 3.05) is 6.61 Å². The molecule has 35 heavy (non-hydrogen) atoms. The summed E-state index contributed by atoms with van der Waals surface area (Å²) in [7, 11) is 0. The van der Waals surface area contributed by atoms with Crippen LogP contribution in [-0.2, 0) is 14.3 Å². The average Bonchev–Trinajstić information content (AvgIpc) is 3.45. The highest BCUT2D eigenvalue weighted by Crippen LogP contribution is 2.44. The highest BCUT2D eigenvalue weighted by atomic mass is 16.5. The number of hydrogen-bond acceptors (Lipinski definition) is 4. The van der Waals surface area contributed by atoms with Crippen molar-refractivity contribution in [3.05, 3.63) is 59.7 Å². The van der Waals surface area contributed by atoms with Gasteiger partial charge in [0.15, 0.2) is 0 Å². The van der Waals surface area contributed by atoms with Gasteiger partial charge in [0.25, 0.3) is 0 Å². The Labute approximate surface area is 205 Å². The Kier molecular flexibility index (Phi) is 6.75. The fourth-order valence-corrected chi connectivity index (χ4v) is 6.03. The Morgan fingerprint density at radius 1 is 0.829 bits per heavy atom. The van der Waals surface area contributed by atoms with Gasteiger partial charge in [-0.25, -0.2) is 4.79 Å². The summed E-state index contributed by atoms with van der Waals surface area (Å²) >= 11 is 0. The molecule has 0 heterocycles. The molecule has 0 aliphatic heterocycles. The SMILES string of the molecule is O=C(NC1CCCC1C(=O)NC1CCC(C(=O)O)CC1)OCC1c2ccccc2-c2ccccc21. The Morgan fingerprint density at radius 2 is 1.46 bits per heavy atom. The average molecular weight is 477 g/mol. The van der Waals surface area contributed by atoms with E-state index >= 15 is 0 Å². The van der Waals surface area contributed by atoms with Crippen molar-refractivity contribution < 1.29 is 24.2 Å². The number of carboxylic acids is 1. The summed E-state index contributed by atoms with van der Waals surface area (Å²) < 4.78 is 5.68. The van der Waals surface area contributed by atoms with Crippen LogP contribution in [-0.4, -0.2) is 41.8 Å². The van der Waals surface area contributed by atoms with E-state index in [1.165, 1.54) is 11.1 Å². The van der Waals surface area contributed by atoms with Crippen LogP contribution in [0.4, 0.5) is 4.79 Å². The van der Waals surface area contributed by atoms with E-state index in [2.05, 4.69) is 34.9 Å².